The van der Waals surface area contributed by atoms with E-state index >= 15 is 0 Å². The molecule has 1 unspecified atom stereocenters. The monoisotopic (exact) mass is 291 g/mol. The molecule has 0 amide bonds. The van der Waals surface area contributed by atoms with Gasteiger partial charge in [0.15, 0.2) is 0 Å². The highest BCUT2D eigenvalue weighted by Gasteiger charge is 2.25. The summed E-state index contributed by atoms with van der Waals surface area (Å²) in [6.45, 7) is 4.27. The van der Waals surface area contributed by atoms with Crippen molar-refractivity contribution in [1.82, 2.24) is 0 Å². The van der Waals surface area contributed by atoms with Gasteiger partial charge >= 0.3 is 0 Å². The van der Waals surface area contributed by atoms with Gasteiger partial charge < -0.3 is 5.32 Å². The third kappa shape index (κ3) is 2.33. The van der Waals surface area contributed by atoms with Crippen LogP contribution in [-0.4, -0.2) is 0 Å². The lowest BCUT2D eigenvalue weighted by atomic mass is 10.0. The van der Waals surface area contributed by atoms with Crippen molar-refractivity contribution in [3.05, 3.63) is 62.6 Å². The van der Waals surface area contributed by atoms with Gasteiger partial charge in [0.25, 0.3) is 0 Å². The number of hydrogen-bond donors (Lipinski definition) is 1. The van der Waals surface area contributed by atoms with Crippen LogP contribution in [0.25, 0.3) is 0 Å². The largest absolute Gasteiger partial charge is 0.377 e. The molecule has 0 spiro atoms. The van der Waals surface area contributed by atoms with E-state index in [4.69, 9.17) is 23.2 Å². The number of benzene rings is 2. The predicted molar refractivity (Wildman–Crippen MR) is 82.4 cm³/mol. The Morgan fingerprint density at radius 3 is 2.68 bits per heavy atom. The van der Waals surface area contributed by atoms with E-state index in [0.29, 0.717) is 0 Å². The summed E-state index contributed by atoms with van der Waals surface area (Å²) in [5.74, 6) is 0. The molecule has 1 N–H and O–H groups in total. The fourth-order valence-electron chi connectivity index (χ4n) is 2.84. The zero-order valence-electron chi connectivity index (χ0n) is 10.9. The predicted octanol–water partition coefficient (Wildman–Crippen LogP) is 5.32. The van der Waals surface area contributed by atoms with E-state index < -0.39 is 0 Å². The van der Waals surface area contributed by atoms with Crippen LogP contribution in [0, 0.1) is 13.8 Å². The molecule has 1 atom stereocenters. The van der Waals surface area contributed by atoms with Crippen molar-refractivity contribution < 1.29 is 0 Å². The topological polar surface area (TPSA) is 12.0 Å². The van der Waals surface area contributed by atoms with Crippen molar-refractivity contribution in [1.29, 1.82) is 0 Å². The Balaban J connectivity index is 2.00. The molecule has 1 nitrogen and oxygen atoms in total. The molecular weight excluding hydrogens is 277 g/mol. The van der Waals surface area contributed by atoms with Crippen molar-refractivity contribution in [2.45, 2.75) is 26.3 Å². The average Bonchev–Trinajstić information content (AvgIpc) is 2.76. The molecule has 0 bridgehead atoms. The summed E-state index contributed by atoms with van der Waals surface area (Å²) in [6.07, 6.45) is 0.956. The second kappa shape index (κ2) is 4.73. The van der Waals surface area contributed by atoms with Crippen LogP contribution in [0.1, 0.15) is 28.3 Å². The lowest BCUT2D eigenvalue weighted by Crippen LogP contribution is -2.06. The van der Waals surface area contributed by atoms with Gasteiger partial charge in [-0.25, -0.2) is 0 Å². The molecule has 3 heteroatoms. The van der Waals surface area contributed by atoms with Gasteiger partial charge in [0.05, 0.1) is 6.04 Å². The van der Waals surface area contributed by atoms with Crippen LogP contribution in [0.3, 0.4) is 0 Å². The van der Waals surface area contributed by atoms with Gasteiger partial charge in [-0.05, 0) is 55.2 Å². The van der Waals surface area contributed by atoms with Gasteiger partial charge in [-0.15, -0.1) is 0 Å². The third-order valence-electron chi connectivity index (χ3n) is 3.64. The first kappa shape index (κ1) is 12.8. The van der Waals surface area contributed by atoms with Crippen LogP contribution in [0.4, 0.5) is 5.69 Å². The molecule has 1 heterocycles. The standard InChI is InChI=1S/C16H15Cl2N/c1-9-5-10(2)16-11(6-9)7-15(19-16)13-8-12(17)3-4-14(13)18/h3-6,8,15,19H,7H2,1-2H3. The van der Waals surface area contributed by atoms with Crippen molar-refractivity contribution in [3.63, 3.8) is 0 Å². The van der Waals surface area contributed by atoms with Crippen LogP contribution in [0.15, 0.2) is 30.3 Å². The molecule has 0 fully saturated rings. The lowest BCUT2D eigenvalue weighted by Gasteiger charge is -2.14. The molecule has 1 aliphatic heterocycles. The fourth-order valence-corrected chi connectivity index (χ4v) is 3.27. The number of nitrogens with one attached hydrogen (secondary N) is 1. The van der Waals surface area contributed by atoms with E-state index in [0.717, 1.165) is 22.0 Å². The van der Waals surface area contributed by atoms with E-state index in [1.165, 1.54) is 22.4 Å². The van der Waals surface area contributed by atoms with E-state index in [-0.39, 0.29) is 6.04 Å². The molecule has 0 saturated heterocycles. The SMILES string of the molecule is Cc1cc(C)c2c(c1)CC(c1cc(Cl)ccc1Cl)N2. The zero-order valence-corrected chi connectivity index (χ0v) is 12.4. The molecule has 2 aromatic rings. The van der Waals surface area contributed by atoms with E-state index in [9.17, 15) is 0 Å². The first-order valence-corrected chi connectivity index (χ1v) is 7.12. The minimum atomic E-state index is 0.210. The van der Waals surface area contributed by atoms with Gasteiger partial charge in [-0.3, -0.25) is 0 Å². The maximum absolute atomic E-state index is 6.29. The Kier molecular flexibility index (Phi) is 3.20. The van der Waals surface area contributed by atoms with E-state index in [2.05, 4.69) is 31.3 Å². The maximum Gasteiger partial charge on any atom is 0.0570 e. The summed E-state index contributed by atoms with van der Waals surface area (Å²) in [6, 6.07) is 10.3. The summed E-state index contributed by atoms with van der Waals surface area (Å²) >= 11 is 12.4. The highest BCUT2D eigenvalue weighted by Crippen LogP contribution is 2.39. The molecule has 0 aliphatic carbocycles. The zero-order chi connectivity index (χ0) is 13.6. The van der Waals surface area contributed by atoms with Gasteiger partial charge in [0, 0.05) is 15.7 Å². The molecule has 3 rings (SSSR count). The lowest BCUT2D eigenvalue weighted by molar-refractivity contribution is 0.824. The molecule has 0 saturated carbocycles. The summed E-state index contributed by atoms with van der Waals surface area (Å²) in [5.41, 5.74) is 6.26. The van der Waals surface area contributed by atoms with Crippen LogP contribution in [-0.2, 0) is 6.42 Å². The number of aryl methyl sites for hydroxylation is 2. The molecule has 0 aromatic heterocycles. The summed E-state index contributed by atoms with van der Waals surface area (Å²) in [5, 5.41) is 5.07. The average molecular weight is 292 g/mol. The maximum atomic E-state index is 6.29. The van der Waals surface area contributed by atoms with Crippen molar-refractivity contribution in [2.75, 3.05) is 5.32 Å². The van der Waals surface area contributed by atoms with Gasteiger partial charge in [-0.1, -0.05) is 40.9 Å². The summed E-state index contributed by atoms with van der Waals surface area (Å²) in [7, 11) is 0. The Hall–Kier alpha value is -1.18. The highest BCUT2D eigenvalue weighted by atomic mass is 35.5. The van der Waals surface area contributed by atoms with Crippen molar-refractivity contribution in [3.8, 4) is 0 Å². The number of halogens is 2. The second-order valence-corrected chi connectivity index (χ2v) is 6.03. The minimum absolute atomic E-state index is 0.210. The van der Waals surface area contributed by atoms with Gasteiger partial charge in [-0.2, -0.15) is 0 Å². The van der Waals surface area contributed by atoms with Crippen molar-refractivity contribution >= 4 is 28.9 Å². The number of fused-ring (bicyclic) bond motifs is 1. The molecular formula is C16H15Cl2N. The van der Waals surface area contributed by atoms with Crippen LogP contribution < -0.4 is 5.32 Å². The Morgan fingerprint density at radius 1 is 1.11 bits per heavy atom. The minimum Gasteiger partial charge on any atom is -0.377 e. The molecule has 2 aromatic carbocycles. The number of anilines is 1. The quantitative estimate of drug-likeness (QED) is 0.750. The second-order valence-electron chi connectivity index (χ2n) is 5.18. The molecule has 19 heavy (non-hydrogen) atoms. The first-order valence-electron chi connectivity index (χ1n) is 6.36. The van der Waals surface area contributed by atoms with Crippen LogP contribution in [0.5, 0.6) is 0 Å². The molecule has 0 radical (unpaired) electrons. The van der Waals surface area contributed by atoms with Gasteiger partial charge in [0.2, 0.25) is 0 Å². The first-order chi connectivity index (χ1) is 9.04. The Bertz CT molecular complexity index is 649. The third-order valence-corrected chi connectivity index (χ3v) is 4.22. The molecule has 98 valence electrons. The Morgan fingerprint density at radius 2 is 1.89 bits per heavy atom. The summed E-state index contributed by atoms with van der Waals surface area (Å²) in [4.78, 5) is 0. The van der Waals surface area contributed by atoms with Gasteiger partial charge in [0.1, 0.15) is 0 Å². The number of hydrogen-bond acceptors (Lipinski definition) is 1. The fraction of sp³-hybridized carbons (Fsp3) is 0.250. The van der Waals surface area contributed by atoms with Crippen molar-refractivity contribution in [2.24, 2.45) is 0 Å². The normalized spacial score (nSPS) is 17.2. The Labute approximate surface area is 123 Å². The van der Waals surface area contributed by atoms with Crippen LogP contribution >= 0.6 is 23.2 Å². The number of rotatable bonds is 1. The summed E-state index contributed by atoms with van der Waals surface area (Å²) < 4.78 is 0. The smallest absolute Gasteiger partial charge is 0.0570 e. The molecule has 1 aliphatic rings. The van der Waals surface area contributed by atoms with E-state index in [1.807, 2.05) is 18.2 Å². The highest BCUT2D eigenvalue weighted by molar-refractivity contribution is 6.33. The van der Waals surface area contributed by atoms with E-state index in [1.54, 1.807) is 0 Å². The van der Waals surface area contributed by atoms with Crippen LogP contribution in [0.2, 0.25) is 10.0 Å².